The molecule has 2 heteroatoms. The van der Waals surface area contributed by atoms with Crippen molar-refractivity contribution in [2.24, 2.45) is 0 Å². The predicted octanol–water partition coefficient (Wildman–Crippen LogP) is 3.58. The molecule has 9 heavy (non-hydrogen) atoms. The van der Waals surface area contributed by atoms with E-state index in [-0.39, 0.29) is 81.9 Å². The van der Waals surface area contributed by atoms with Gasteiger partial charge in [-0.15, -0.1) is 0 Å². The summed E-state index contributed by atoms with van der Waals surface area (Å²) < 4.78 is 0. The fourth-order valence-electron chi connectivity index (χ4n) is 0. The van der Waals surface area contributed by atoms with Crippen molar-refractivity contribution in [3.63, 3.8) is 0 Å². The maximum atomic E-state index is 2.00. The Labute approximate surface area is 101 Å². The number of rotatable bonds is 0. The molecule has 57 valence electrons. The summed E-state index contributed by atoms with van der Waals surface area (Å²) in [5.41, 5.74) is 0. The molecule has 0 saturated carbocycles. The molecule has 0 fully saturated rings. The summed E-state index contributed by atoms with van der Waals surface area (Å²) in [6.45, 7) is 4.00. The van der Waals surface area contributed by atoms with Gasteiger partial charge in [0.25, 0.3) is 0 Å². The van der Waals surface area contributed by atoms with E-state index in [1.807, 2.05) is 20.3 Å². The zero-order chi connectivity index (χ0) is 2.71. The Hall–Kier alpha value is 1.73. The Morgan fingerprint density at radius 1 is 0.889 bits per heavy atom. The zero-order valence-electron chi connectivity index (χ0n) is 4.86. The molecule has 0 aromatic rings. The Bertz CT molecular complexity index is 8.88. The average molecular weight is 261 g/mol. The van der Waals surface area contributed by atoms with Gasteiger partial charge in [-0.3, -0.25) is 0 Å². The maximum absolute atomic E-state index is 2.00. The van der Waals surface area contributed by atoms with Crippen molar-refractivity contribution >= 4 is 0 Å². The van der Waals surface area contributed by atoms with Gasteiger partial charge in [0.05, 0.1) is 0 Å². The molecule has 0 unspecified atom stereocenters. The Morgan fingerprint density at radius 3 is 0.889 bits per heavy atom. The van der Waals surface area contributed by atoms with Gasteiger partial charge in [-0.1, -0.05) is 22.3 Å². The van der Waals surface area contributed by atoms with Crippen molar-refractivity contribution in [2.75, 3.05) is 0 Å². The van der Waals surface area contributed by atoms with Gasteiger partial charge >= 0.3 is 0 Å². The second-order valence-electron chi connectivity index (χ2n) is 0.577. The van der Waals surface area contributed by atoms with Crippen molar-refractivity contribution in [2.45, 2.75) is 36.1 Å². The van der Waals surface area contributed by atoms with Gasteiger partial charge in [0.1, 0.15) is 0 Å². The first-order valence-electron chi connectivity index (χ1n) is 1.15. The van der Waals surface area contributed by atoms with E-state index in [9.17, 15) is 0 Å². The molecule has 0 aliphatic heterocycles. The topological polar surface area (TPSA) is 0 Å². The molecule has 0 spiro atoms. The number of hydrogen-bond donors (Lipinski definition) is 0. The first kappa shape index (κ1) is 73.1. The van der Waals surface area contributed by atoms with Gasteiger partial charge in [-0.05, 0) is 0 Å². The molecule has 0 aliphatic rings. The zero-order valence-corrected chi connectivity index (χ0v) is 10.7. The minimum absolute atomic E-state index is 0. The van der Waals surface area contributed by atoms with E-state index in [4.69, 9.17) is 0 Å². The summed E-state index contributed by atoms with van der Waals surface area (Å²) >= 11 is 0. The van der Waals surface area contributed by atoms with Gasteiger partial charge in [-0.25, -0.2) is 0 Å². The molecule has 1 radical (unpaired) electrons. The summed E-state index contributed by atoms with van der Waals surface area (Å²) in [7, 11) is 0. The van der Waals surface area contributed by atoms with Crippen LogP contribution in [0.3, 0.4) is 0 Å². The first-order chi connectivity index (χ1) is 1.41. The van der Waals surface area contributed by atoms with Gasteiger partial charge < -0.3 is 13.8 Å². The minimum Gasteiger partial charge on any atom is -0.358 e. The van der Waals surface area contributed by atoms with Crippen LogP contribution in [0.1, 0.15) is 36.1 Å². The molecular formula is C7H22YZn-2. The van der Waals surface area contributed by atoms with E-state index in [2.05, 4.69) is 0 Å². The third-order valence-electron chi connectivity index (χ3n) is 0. The van der Waals surface area contributed by atoms with Crippen molar-refractivity contribution < 1.29 is 52.2 Å². The van der Waals surface area contributed by atoms with E-state index < -0.39 is 0 Å². The van der Waals surface area contributed by atoms with Crippen LogP contribution in [0.4, 0.5) is 0 Å². The first-order valence-corrected chi connectivity index (χ1v) is 1.15. The van der Waals surface area contributed by atoms with Gasteiger partial charge in [0.2, 0.25) is 0 Å². The van der Waals surface area contributed by atoms with E-state index in [0.717, 1.165) is 0 Å². The molecule has 0 aromatic carbocycles. The molecule has 0 bridgehead atoms. The summed E-state index contributed by atoms with van der Waals surface area (Å²) in [4.78, 5) is 0. The summed E-state index contributed by atoms with van der Waals surface area (Å²) in [5.74, 6) is 0. The van der Waals surface area contributed by atoms with Crippen LogP contribution in [0.5, 0.6) is 0 Å². The fourth-order valence-corrected chi connectivity index (χ4v) is 0. The van der Waals surface area contributed by atoms with Crippen LogP contribution in [0.2, 0.25) is 0 Å². The quantitative estimate of drug-likeness (QED) is 0.461. The summed E-state index contributed by atoms with van der Waals surface area (Å²) in [6, 6.07) is 0. The monoisotopic (exact) mass is 259 g/mol. The van der Waals surface area contributed by atoms with Gasteiger partial charge in [-0.2, -0.15) is 13.8 Å². The normalized spacial score (nSPS) is 2.00. The molecule has 0 heterocycles. The van der Waals surface area contributed by atoms with Gasteiger partial charge in [0, 0.05) is 52.2 Å². The predicted molar refractivity (Wildman–Crippen MR) is 42.3 cm³/mol. The van der Waals surface area contributed by atoms with E-state index in [0.29, 0.717) is 0 Å². The molecule has 0 atom stereocenters. The minimum atomic E-state index is 0. The molecule has 0 nitrogen and oxygen atoms in total. The van der Waals surface area contributed by atoms with Crippen LogP contribution >= 0.6 is 0 Å². The molecule has 0 aromatic heterocycles. The van der Waals surface area contributed by atoms with E-state index in [1.54, 1.807) is 0 Å². The standard InChI is InChI=1S/C3H7.3CH4.CH3.Y.Zn/c1-3-2;;;;;;/h3H,1-2H3;3*1H4;1H3;;/q-1;;;;-1;;. The fraction of sp³-hybridized carbons (Fsp3) is 0.714. The molecule has 0 rings (SSSR count). The summed E-state index contributed by atoms with van der Waals surface area (Å²) in [6.07, 6.45) is 2.00. The van der Waals surface area contributed by atoms with Crippen LogP contribution < -0.4 is 0 Å². The Kier molecular flexibility index (Phi) is 809. The smallest absolute Gasteiger partial charge is 0 e. The van der Waals surface area contributed by atoms with Crippen LogP contribution in [0, 0.1) is 13.8 Å². The summed E-state index contributed by atoms with van der Waals surface area (Å²) in [5, 5.41) is 0. The largest absolute Gasteiger partial charge is 0.358 e. The molecular weight excluding hydrogens is 238 g/mol. The number of hydrogen-bond acceptors (Lipinski definition) is 0. The third kappa shape index (κ3) is 195. The second kappa shape index (κ2) is 99.6. The van der Waals surface area contributed by atoms with E-state index in [1.165, 1.54) is 0 Å². The SMILES string of the molecule is C.C.C.C[CH-]C.[CH3-].[Y].[Zn]. The van der Waals surface area contributed by atoms with Crippen LogP contribution in [0.15, 0.2) is 0 Å². The second-order valence-corrected chi connectivity index (χ2v) is 0.577. The van der Waals surface area contributed by atoms with Crippen LogP contribution in [-0.4, -0.2) is 0 Å². The average Bonchev–Trinajstić information content (AvgIpc) is 0.918. The molecule has 0 N–H and O–H groups in total. The van der Waals surface area contributed by atoms with Crippen molar-refractivity contribution in [1.82, 2.24) is 0 Å². The third-order valence-corrected chi connectivity index (χ3v) is 0. The Morgan fingerprint density at radius 2 is 0.889 bits per heavy atom. The van der Waals surface area contributed by atoms with Crippen molar-refractivity contribution in [3.05, 3.63) is 13.8 Å². The van der Waals surface area contributed by atoms with E-state index >= 15 is 0 Å². The van der Waals surface area contributed by atoms with Crippen molar-refractivity contribution in [3.8, 4) is 0 Å². The molecule has 0 amide bonds. The maximum Gasteiger partial charge on any atom is 0 e. The van der Waals surface area contributed by atoms with Crippen LogP contribution in [-0.2, 0) is 52.2 Å². The van der Waals surface area contributed by atoms with Crippen LogP contribution in [0.25, 0.3) is 0 Å². The Balaban J connectivity index is -0.00000000133. The van der Waals surface area contributed by atoms with Crippen molar-refractivity contribution in [1.29, 1.82) is 0 Å². The molecule has 0 aliphatic carbocycles. The molecule has 0 saturated heterocycles. The van der Waals surface area contributed by atoms with Gasteiger partial charge in [0.15, 0.2) is 0 Å².